The maximum absolute atomic E-state index is 13.3. The summed E-state index contributed by atoms with van der Waals surface area (Å²) in [7, 11) is 0. The van der Waals surface area contributed by atoms with E-state index in [-0.39, 0.29) is 11.9 Å². The van der Waals surface area contributed by atoms with Gasteiger partial charge in [-0.25, -0.2) is 0 Å². The first-order valence-electron chi connectivity index (χ1n) is 9.59. The van der Waals surface area contributed by atoms with Gasteiger partial charge in [-0.2, -0.15) is 0 Å². The average molecular weight is 365 g/mol. The standard InChI is InChI=1S/C23H27NO3/c1-22(2,3)27-21(25)23-15-24(13-17-9-5-4-6-10-17)14-19(23)18-11-7-8-12-20(18)26-16-23/h4-12,19H,13-16H2,1-3H3/t19-,23-/m0/s1. The predicted octanol–water partition coefficient (Wildman–Crippen LogP) is 4.01. The third kappa shape index (κ3) is 3.46. The second kappa shape index (κ2) is 6.68. The molecule has 2 aliphatic heterocycles. The number of nitrogens with zero attached hydrogens (tertiary/aromatic N) is 1. The smallest absolute Gasteiger partial charge is 0.318 e. The first-order chi connectivity index (χ1) is 12.9. The molecule has 2 aromatic carbocycles. The maximum atomic E-state index is 13.3. The molecule has 2 aromatic rings. The second-order valence-electron chi connectivity index (χ2n) is 8.69. The third-order valence-electron chi connectivity index (χ3n) is 5.45. The lowest BCUT2D eigenvalue weighted by Crippen LogP contribution is -2.48. The highest BCUT2D eigenvalue weighted by molar-refractivity contribution is 5.81. The molecule has 0 aromatic heterocycles. The number of carbonyl (C=O) groups excluding carboxylic acids is 1. The number of likely N-dealkylation sites (tertiary alicyclic amines) is 1. The fraction of sp³-hybridized carbons (Fsp3) is 0.435. The van der Waals surface area contributed by atoms with Crippen molar-refractivity contribution in [3.05, 3.63) is 65.7 Å². The summed E-state index contributed by atoms with van der Waals surface area (Å²) in [6.07, 6.45) is 0. The second-order valence-corrected chi connectivity index (χ2v) is 8.69. The summed E-state index contributed by atoms with van der Waals surface area (Å²) in [4.78, 5) is 15.7. The number of para-hydroxylation sites is 1. The van der Waals surface area contributed by atoms with Crippen LogP contribution in [0.2, 0.25) is 0 Å². The summed E-state index contributed by atoms with van der Waals surface area (Å²) in [5.74, 6) is 0.828. The van der Waals surface area contributed by atoms with E-state index in [1.54, 1.807) is 0 Å². The number of fused-ring (bicyclic) bond motifs is 3. The molecule has 0 radical (unpaired) electrons. The van der Waals surface area contributed by atoms with Gasteiger partial charge in [0.25, 0.3) is 0 Å². The van der Waals surface area contributed by atoms with E-state index in [0.29, 0.717) is 13.2 Å². The van der Waals surface area contributed by atoms with E-state index in [1.807, 2.05) is 45.0 Å². The molecule has 4 rings (SSSR count). The summed E-state index contributed by atoms with van der Waals surface area (Å²) in [5, 5.41) is 0. The highest BCUT2D eigenvalue weighted by Gasteiger charge is 2.57. The Balaban J connectivity index is 1.67. The van der Waals surface area contributed by atoms with Gasteiger partial charge in [0, 0.05) is 25.6 Å². The quantitative estimate of drug-likeness (QED) is 0.771. The van der Waals surface area contributed by atoms with Crippen molar-refractivity contribution in [2.24, 2.45) is 5.41 Å². The Morgan fingerprint density at radius 3 is 2.59 bits per heavy atom. The topological polar surface area (TPSA) is 38.8 Å². The van der Waals surface area contributed by atoms with E-state index in [1.165, 1.54) is 5.56 Å². The summed E-state index contributed by atoms with van der Waals surface area (Å²) in [6, 6.07) is 18.5. The van der Waals surface area contributed by atoms with Crippen molar-refractivity contribution in [3.63, 3.8) is 0 Å². The summed E-state index contributed by atoms with van der Waals surface area (Å²) in [5.41, 5.74) is 1.20. The van der Waals surface area contributed by atoms with Gasteiger partial charge in [0.05, 0.1) is 0 Å². The zero-order valence-corrected chi connectivity index (χ0v) is 16.3. The van der Waals surface area contributed by atoms with Crippen LogP contribution in [0.15, 0.2) is 54.6 Å². The van der Waals surface area contributed by atoms with Crippen LogP contribution in [0.4, 0.5) is 0 Å². The van der Waals surface area contributed by atoms with Gasteiger partial charge in [0.1, 0.15) is 23.4 Å². The van der Waals surface area contributed by atoms with E-state index in [2.05, 4.69) is 35.2 Å². The number of hydrogen-bond donors (Lipinski definition) is 0. The molecule has 0 saturated carbocycles. The largest absolute Gasteiger partial charge is 0.492 e. The number of esters is 1. The predicted molar refractivity (Wildman–Crippen MR) is 105 cm³/mol. The number of carbonyl (C=O) groups is 1. The minimum absolute atomic E-state index is 0.0843. The van der Waals surface area contributed by atoms with Crippen LogP contribution < -0.4 is 4.74 Å². The molecule has 4 nitrogen and oxygen atoms in total. The molecule has 2 atom stereocenters. The van der Waals surface area contributed by atoms with Crippen molar-refractivity contribution in [2.45, 2.75) is 38.8 Å². The molecule has 27 heavy (non-hydrogen) atoms. The van der Waals surface area contributed by atoms with Crippen molar-refractivity contribution in [1.82, 2.24) is 4.90 Å². The molecule has 4 heteroatoms. The first kappa shape index (κ1) is 18.1. The Kier molecular flexibility index (Phi) is 4.47. The average Bonchev–Trinajstić information content (AvgIpc) is 3.01. The van der Waals surface area contributed by atoms with Crippen molar-refractivity contribution >= 4 is 5.97 Å². The Hall–Kier alpha value is -2.33. The Morgan fingerprint density at radius 2 is 1.85 bits per heavy atom. The third-order valence-corrected chi connectivity index (χ3v) is 5.45. The number of ether oxygens (including phenoxy) is 2. The minimum atomic E-state index is -0.656. The van der Waals surface area contributed by atoms with E-state index >= 15 is 0 Å². The van der Waals surface area contributed by atoms with Gasteiger partial charge in [-0.1, -0.05) is 48.5 Å². The van der Waals surface area contributed by atoms with E-state index < -0.39 is 11.0 Å². The van der Waals surface area contributed by atoms with Crippen LogP contribution in [-0.4, -0.2) is 36.2 Å². The lowest BCUT2D eigenvalue weighted by Gasteiger charge is -2.39. The van der Waals surface area contributed by atoms with Crippen molar-refractivity contribution < 1.29 is 14.3 Å². The van der Waals surface area contributed by atoms with E-state index in [9.17, 15) is 4.79 Å². The molecular weight excluding hydrogens is 338 g/mol. The van der Waals surface area contributed by atoms with Crippen LogP contribution in [0.5, 0.6) is 5.75 Å². The SMILES string of the molecule is CC(C)(C)OC(=O)[C@@]12COc3ccccc3[C@@H]1CN(Cc1ccccc1)C2. The van der Waals surface area contributed by atoms with Gasteiger partial charge in [-0.05, 0) is 38.0 Å². The molecule has 0 spiro atoms. The highest BCUT2D eigenvalue weighted by Crippen LogP contribution is 2.50. The van der Waals surface area contributed by atoms with Crippen LogP contribution in [-0.2, 0) is 16.1 Å². The Bertz CT molecular complexity index is 827. The molecule has 0 bridgehead atoms. The van der Waals surface area contributed by atoms with Crippen LogP contribution >= 0.6 is 0 Å². The van der Waals surface area contributed by atoms with Gasteiger partial charge in [-0.3, -0.25) is 9.69 Å². The molecule has 0 amide bonds. The number of benzene rings is 2. The van der Waals surface area contributed by atoms with Crippen LogP contribution in [0.1, 0.15) is 37.8 Å². The van der Waals surface area contributed by atoms with Gasteiger partial charge in [-0.15, -0.1) is 0 Å². The van der Waals surface area contributed by atoms with Gasteiger partial charge < -0.3 is 9.47 Å². The summed E-state index contributed by atoms with van der Waals surface area (Å²) >= 11 is 0. The normalized spacial score (nSPS) is 24.6. The maximum Gasteiger partial charge on any atom is 0.318 e. The molecule has 0 N–H and O–H groups in total. The molecule has 142 valence electrons. The monoisotopic (exact) mass is 365 g/mol. The number of hydrogen-bond acceptors (Lipinski definition) is 4. The Labute approximate surface area is 161 Å². The van der Waals surface area contributed by atoms with E-state index in [4.69, 9.17) is 9.47 Å². The molecule has 1 fully saturated rings. The van der Waals surface area contributed by atoms with Gasteiger partial charge >= 0.3 is 5.97 Å². The summed E-state index contributed by atoms with van der Waals surface area (Å²) in [6.45, 7) is 8.43. The molecule has 0 aliphatic carbocycles. The van der Waals surface area contributed by atoms with Crippen LogP contribution in [0.3, 0.4) is 0 Å². The molecule has 1 saturated heterocycles. The fourth-order valence-corrected chi connectivity index (χ4v) is 4.26. The molecule has 2 aliphatic rings. The van der Waals surface area contributed by atoms with Gasteiger partial charge in [0.15, 0.2) is 0 Å². The Morgan fingerprint density at radius 1 is 1.15 bits per heavy atom. The van der Waals surface area contributed by atoms with Gasteiger partial charge in [0.2, 0.25) is 0 Å². The zero-order valence-electron chi connectivity index (χ0n) is 16.3. The molecular formula is C23H27NO3. The minimum Gasteiger partial charge on any atom is -0.492 e. The van der Waals surface area contributed by atoms with Crippen LogP contribution in [0, 0.1) is 5.41 Å². The lowest BCUT2D eigenvalue weighted by atomic mass is 9.73. The van der Waals surface area contributed by atoms with Crippen molar-refractivity contribution in [2.75, 3.05) is 19.7 Å². The summed E-state index contributed by atoms with van der Waals surface area (Å²) < 4.78 is 11.9. The fourth-order valence-electron chi connectivity index (χ4n) is 4.26. The zero-order chi connectivity index (χ0) is 19.1. The van der Waals surface area contributed by atoms with Crippen molar-refractivity contribution in [3.8, 4) is 5.75 Å². The molecule has 2 heterocycles. The first-order valence-corrected chi connectivity index (χ1v) is 9.59. The highest BCUT2D eigenvalue weighted by atomic mass is 16.6. The lowest BCUT2D eigenvalue weighted by molar-refractivity contribution is -0.170. The number of rotatable bonds is 3. The van der Waals surface area contributed by atoms with Crippen molar-refractivity contribution in [1.29, 1.82) is 0 Å². The van der Waals surface area contributed by atoms with E-state index in [0.717, 1.165) is 24.4 Å². The van der Waals surface area contributed by atoms with Crippen LogP contribution in [0.25, 0.3) is 0 Å². The molecule has 0 unspecified atom stereocenters.